The van der Waals surface area contributed by atoms with Gasteiger partial charge in [-0.05, 0) is 37.3 Å². The van der Waals surface area contributed by atoms with E-state index in [1.165, 1.54) is 6.20 Å². The van der Waals surface area contributed by atoms with Crippen molar-refractivity contribution in [1.29, 1.82) is 0 Å². The van der Waals surface area contributed by atoms with Crippen LogP contribution in [-0.4, -0.2) is 17.6 Å². The Morgan fingerprint density at radius 2 is 2.20 bits per heavy atom. The van der Waals surface area contributed by atoms with E-state index in [1.54, 1.807) is 25.1 Å². The van der Waals surface area contributed by atoms with Crippen LogP contribution in [0, 0.1) is 0 Å². The second-order valence-corrected chi connectivity index (χ2v) is 5.22. The van der Waals surface area contributed by atoms with Gasteiger partial charge in [0.25, 0.3) is 0 Å². The summed E-state index contributed by atoms with van der Waals surface area (Å²) in [6.45, 7) is 2.10. The summed E-state index contributed by atoms with van der Waals surface area (Å²) in [5.74, 6) is 0.213. The lowest BCUT2D eigenvalue weighted by molar-refractivity contribution is 0.0526. The largest absolute Gasteiger partial charge is 0.462 e. The van der Waals surface area contributed by atoms with Crippen LogP contribution in [0.4, 0.5) is 11.5 Å². The summed E-state index contributed by atoms with van der Waals surface area (Å²) >= 11 is 9.46. The Labute approximate surface area is 130 Å². The third kappa shape index (κ3) is 3.71. The number of ether oxygens (including phenoxy) is 1. The molecule has 0 fully saturated rings. The number of nitrogens with one attached hydrogen (secondary N) is 1. The molecule has 0 saturated carbocycles. The molecule has 2 aromatic rings. The van der Waals surface area contributed by atoms with Gasteiger partial charge in [-0.2, -0.15) is 0 Å². The van der Waals surface area contributed by atoms with Gasteiger partial charge in [-0.25, -0.2) is 9.78 Å². The summed E-state index contributed by atoms with van der Waals surface area (Å²) in [5, 5.41) is 3.67. The molecule has 104 valence electrons. The molecule has 0 saturated heterocycles. The van der Waals surface area contributed by atoms with Gasteiger partial charge in [-0.3, -0.25) is 0 Å². The van der Waals surface area contributed by atoms with Crippen LogP contribution in [0.5, 0.6) is 0 Å². The first-order valence-electron chi connectivity index (χ1n) is 5.95. The molecule has 0 radical (unpaired) electrons. The number of rotatable bonds is 4. The predicted molar refractivity (Wildman–Crippen MR) is 82.6 cm³/mol. The van der Waals surface area contributed by atoms with E-state index < -0.39 is 0 Å². The van der Waals surface area contributed by atoms with Crippen molar-refractivity contribution in [1.82, 2.24) is 4.98 Å². The molecule has 0 bridgehead atoms. The number of carbonyl (C=O) groups is 1. The topological polar surface area (TPSA) is 51.2 Å². The summed E-state index contributed by atoms with van der Waals surface area (Å²) in [7, 11) is 0. The van der Waals surface area contributed by atoms with Gasteiger partial charge < -0.3 is 10.1 Å². The maximum atomic E-state index is 11.5. The maximum Gasteiger partial charge on any atom is 0.339 e. The van der Waals surface area contributed by atoms with E-state index in [2.05, 4.69) is 26.2 Å². The highest BCUT2D eigenvalue weighted by Crippen LogP contribution is 2.27. The average molecular weight is 356 g/mol. The number of esters is 1. The number of anilines is 2. The van der Waals surface area contributed by atoms with Crippen molar-refractivity contribution in [3.05, 3.63) is 51.6 Å². The highest BCUT2D eigenvalue weighted by atomic mass is 79.9. The van der Waals surface area contributed by atoms with Crippen molar-refractivity contribution >= 4 is 45.0 Å². The smallest absolute Gasteiger partial charge is 0.339 e. The Bertz CT molecular complexity index is 617. The number of benzene rings is 1. The molecule has 6 heteroatoms. The Balaban J connectivity index is 2.14. The van der Waals surface area contributed by atoms with Gasteiger partial charge in [-0.1, -0.05) is 27.5 Å². The minimum atomic E-state index is -0.382. The van der Waals surface area contributed by atoms with E-state index in [9.17, 15) is 4.79 Å². The quantitative estimate of drug-likeness (QED) is 0.825. The molecule has 1 aromatic heterocycles. The number of hydrogen-bond donors (Lipinski definition) is 1. The fourth-order valence-corrected chi connectivity index (χ4v) is 2.06. The lowest BCUT2D eigenvalue weighted by atomic mass is 10.2. The van der Waals surface area contributed by atoms with E-state index in [4.69, 9.17) is 16.3 Å². The first-order valence-corrected chi connectivity index (χ1v) is 7.12. The zero-order valence-electron chi connectivity index (χ0n) is 10.7. The fraction of sp³-hybridized carbons (Fsp3) is 0.143. The van der Waals surface area contributed by atoms with Gasteiger partial charge in [0.05, 0.1) is 22.9 Å². The summed E-state index contributed by atoms with van der Waals surface area (Å²) in [4.78, 5) is 15.7. The van der Waals surface area contributed by atoms with Crippen molar-refractivity contribution < 1.29 is 9.53 Å². The second-order valence-electron chi connectivity index (χ2n) is 3.90. The summed E-state index contributed by atoms with van der Waals surface area (Å²) in [6.07, 6.45) is 1.46. The Morgan fingerprint density at radius 1 is 1.40 bits per heavy atom. The molecular weight excluding hydrogens is 344 g/mol. The van der Waals surface area contributed by atoms with Crippen molar-refractivity contribution in [3.63, 3.8) is 0 Å². The van der Waals surface area contributed by atoms with Crippen LogP contribution in [0.15, 0.2) is 41.0 Å². The maximum absolute atomic E-state index is 11.5. The van der Waals surface area contributed by atoms with Crippen molar-refractivity contribution in [2.45, 2.75) is 6.92 Å². The Morgan fingerprint density at radius 3 is 2.85 bits per heavy atom. The van der Waals surface area contributed by atoms with E-state index in [-0.39, 0.29) is 5.97 Å². The van der Waals surface area contributed by atoms with E-state index in [1.807, 2.05) is 12.1 Å². The average Bonchev–Trinajstić information content (AvgIpc) is 2.44. The van der Waals surface area contributed by atoms with Gasteiger partial charge in [0, 0.05) is 10.7 Å². The number of hydrogen-bond acceptors (Lipinski definition) is 4. The van der Waals surface area contributed by atoms with Crippen LogP contribution in [0.1, 0.15) is 17.3 Å². The molecule has 0 unspecified atom stereocenters. The third-order valence-corrected chi connectivity index (χ3v) is 3.29. The lowest BCUT2D eigenvalue weighted by Crippen LogP contribution is -2.05. The van der Waals surface area contributed by atoms with Crippen LogP contribution < -0.4 is 5.32 Å². The van der Waals surface area contributed by atoms with Crippen LogP contribution in [0.3, 0.4) is 0 Å². The van der Waals surface area contributed by atoms with E-state index in [0.717, 1.165) is 10.2 Å². The van der Waals surface area contributed by atoms with Gasteiger partial charge in [0.2, 0.25) is 0 Å². The molecule has 1 N–H and O–H groups in total. The third-order valence-electron chi connectivity index (χ3n) is 2.47. The summed E-state index contributed by atoms with van der Waals surface area (Å²) in [5.41, 5.74) is 1.15. The van der Waals surface area contributed by atoms with Crippen LogP contribution in [0.25, 0.3) is 0 Å². The van der Waals surface area contributed by atoms with Crippen LogP contribution in [-0.2, 0) is 4.74 Å². The van der Waals surface area contributed by atoms with Gasteiger partial charge in [0.1, 0.15) is 5.82 Å². The Kier molecular flexibility index (Phi) is 4.98. The molecule has 0 aliphatic carbocycles. The number of nitrogens with zero attached hydrogens (tertiary/aromatic N) is 1. The zero-order valence-corrected chi connectivity index (χ0v) is 13.0. The molecule has 0 atom stereocenters. The predicted octanol–water partition coefficient (Wildman–Crippen LogP) is 4.42. The molecule has 0 spiro atoms. The molecular formula is C14H12BrClN2O2. The fourth-order valence-electron chi connectivity index (χ4n) is 1.53. The molecule has 20 heavy (non-hydrogen) atoms. The highest BCUT2D eigenvalue weighted by Gasteiger charge is 2.07. The molecule has 4 nitrogen and oxygen atoms in total. The van der Waals surface area contributed by atoms with Crippen molar-refractivity contribution in [3.8, 4) is 0 Å². The normalized spacial score (nSPS) is 10.2. The molecule has 1 heterocycles. The first kappa shape index (κ1) is 14.8. The molecule has 2 rings (SSSR count). The molecule has 0 aliphatic heterocycles. The van der Waals surface area contributed by atoms with Crippen molar-refractivity contribution in [2.75, 3.05) is 11.9 Å². The minimum absolute atomic E-state index is 0.340. The monoisotopic (exact) mass is 354 g/mol. The van der Waals surface area contributed by atoms with E-state index in [0.29, 0.717) is 23.0 Å². The van der Waals surface area contributed by atoms with Gasteiger partial charge in [-0.15, -0.1) is 0 Å². The number of carbonyl (C=O) groups excluding carboxylic acids is 1. The summed E-state index contributed by atoms with van der Waals surface area (Å²) < 4.78 is 5.80. The summed E-state index contributed by atoms with van der Waals surface area (Å²) in [6, 6.07) is 8.83. The SMILES string of the molecule is CCOC(=O)c1ccc(Nc2cc(Br)ccc2Cl)nc1. The van der Waals surface area contributed by atoms with Crippen LogP contribution >= 0.6 is 27.5 Å². The molecule has 1 aromatic carbocycles. The van der Waals surface area contributed by atoms with E-state index >= 15 is 0 Å². The molecule has 0 amide bonds. The van der Waals surface area contributed by atoms with Gasteiger partial charge in [0.15, 0.2) is 0 Å². The lowest BCUT2D eigenvalue weighted by Gasteiger charge is -2.08. The number of halogens is 2. The van der Waals surface area contributed by atoms with Crippen LogP contribution in [0.2, 0.25) is 5.02 Å². The zero-order chi connectivity index (χ0) is 14.5. The number of pyridine rings is 1. The highest BCUT2D eigenvalue weighted by molar-refractivity contribution is 9.10. The first-order chi connectivity index (χ1) is 9.60. The standard InChI is InChI=1S/C14H12BrClN2O2/c1-2-20-14(19)9-3-6-13(17-8-9)18-12-7-10(15)4-5-11(12)16/h3-8H,2H2,1H3,(H,17,18). The van der Waals surface area contributed by atoms with Crippen molar-refractivity contribution in [2.24, 2.45) is 0 Å². The van der Waals surface area contributed by atoms with Gasteiger partial charge >= 0.3 is 5.97 Å². The minimum Gasteiger partial charge on any atom is -0.462 e. The second kappa shape index (κ2) is 6.72. The number of aromatic nitrogens is 1. The molecule has 0 aliphatic rings. The Hall–Kier alpha value is -1.59.